The molecule has 2 aromatic heterocycles. The van der Waals surface area contributed by atoms with E-state index in [-0.39, 0.29) is 12.6 Å². The molecule has 130 valence electrons. The van der Waals surface area contributed by atoms with Gasteiger partial charge in [0.2, 0.25) is 0 Å². The Morgan fingerprint density at radius 3 is 2.92 bits per heavy atom. The Morgan fingerprint density at radius 1 is 1.40 bits per heavy atom. The highest BCUT2D eigenvalue weighted by atomic mass is 16.3. The van der Waals surface area contributed by atoms with E-state index in [9.17, 15) is 9.90 Å². The number of pyridine rings is 1. The van der Waals surface area contributed by atoms with Crippen LogP contribution in [0.2, 0.25) is 0 Å². The molecule has 7 nitrogen and oxygen atoms in total. The van der Waals surface area contributed by atoms with E-state index in [1.807, 2.05) is 19.1 Å². The second-order valence-electron chi connectivity index (χ2n) is 6.78. The van der Waals surface area contributed by atoms with Crippen LogP contribution < -0.4 is 4.90 Å². The molecule has 1 saturated heterocycles. The Morgan fingerprint density at radius 2 is 2.24 bits per heavy atom. The highest BCUT2D eigenvalue weighted by Gasteiger charge is 2.39. The van der Waals surface area contributed by atoms with Crippen LogP contribution in [0.1, 0.15) is 22.5 Å². The zero-order valence-electron chi connectivity index (χ0n) is 14.2. The molecule has 1 atom stereocenters. The van der Waals surface area contributed by atoms with Crippen LogP contribution in [0, 0.1) is 12.8 Å². The summed E-state index contributed by atoms with van der Waals surface area (Å²) in [6.45, 7) is 5.04. The molecule has 7 heteroatoms. The lowest BCUT2D eigenvalue weighted by molar-refractivity contribution is -0.114. The van der Waals surface area contributed by atoms with Crippen LogP contribution in [0.5, 0.6) is 0 Å². The predicted octanol–water partition coefficient (Wildman–Crippen LogP) is 0.692. The average molecular weight is 339 g/mol. The first-order valence-electron chi connectivity index (χ1n) is 8.49. The number of aliphatic hydroxyl groups is 1. The zero-order valence-corrected chi connectivity index (χ0v) is 14.2. The first kappa shape index (κ1) is 16.1. The summed E-state index contributed by atoms with van der Waals surface area (Å²) in [5.41, 5.74) is 4.01. The number of hydrogen-bond donors (Lipinski definition) is 1. The lowest BCUT2D eigenvalue weighted by Crippen LogP contribution is -2.56. The van der Waals surface area contributed by atoms with Crippen LogP contribution in [-0.4, -0.2) is 50.4 Å². The molecule has 2 aliphatic heterocycles. The van der Waals surface area contributed by atoms with Gasteiger partial charge in [0, 0.05) is 38.3 Å². The Hall–Kier alpha value is -2.38. The topological polar surface area (TPSA) is 82.5 Å². The molecular formula is C18H21N5O2. The fourth-order valence-electron chi connectivity index (χ4n) is 3.81. The van der Waals surface area contributed by atoms with Gasteiger partial charge in [-0.2, -0.15) is 0 Å². The molecule has 2 aromatic rings. The minimum Gasteiger partial charge on any atom is -0.390 e. The molecule has 25 heavy (non-hydrogen) atoms. The number of carbonyl (C=O) groups excluding carboxylic acids is 1. The van der Waals surface area contributed by atoms with E-state index in [0.29, 0.717) is 18.2 Å². The van der Waals surface area contributed by atoms with Gasteiger partial charge in [-0.3, -0.25) is 9.88 Å². The Bertz CT molecular complexity index is 777. The van der Waals surface area contributed by atoms with Crippen molar-refractivity contribution in [2.75, 3.05) is 18.0 Å². The maximum Gasteiger partial charge on any atom is 0.137 e. The Kier molecular flexibility index (Phi) is 4.19. The summed E-state index contributed by atoms with van der Waals surface area (Å²) in [6.07, 6.45) is 4.34. The summed E-state index contributed by atoms with van der Waals surface area (Å²) in [5, 5.41) is 9.34. The molecular weight excluding hydrogens is 318 g/mol. The molecule has 0 spiro atoms. The third-order valence-electron chi connectivity index (χ3n) is 5.21. The van der Waals surface area contributed by atoms with Gasteiger partial charge < -0.3 is 14.8 Å². The summed E-state index contributed by atoms with van der Waals surface area (Å²) in [5.74, 6) is 1.20. The summed E-state index contributed by atoms with van der Waals surface area (Å²) in [4.78, 5) is 28.9. The highest BCUT2D eigenvalue weighted by molar-refractivity contribution is 5.60. The van der Waals surface area contributed by atoms with Gasteiger partial charge in [-0.15, -0.1) is 0 Å². The van der Waals surface area contributed by atoms with Gasteiger partial charge in [0.25, 0.3) is 0 Å². The van der Waals surface area contributed by atoms with Crippen molar-refractivity contribution in [2.24, 2.45) is 5.92 Å². The third-order valence-corrected chi connectivity index (χ3v) is 5.21. The van der Waals surface area contributed by atoms with Gasteiger partial charge in [-0.25, -0.2) is 9.97 Å². The van der Waals surface area contributed by atoms with Gasteiger partial charge >= 0.3 is 0 Å². The molecule has 1 unspecified atom stereocenters. The lowest BCUT2D eigenvalue weighted by atomic mass is 9.91. The van der Waals surface area contributed by atoms with Gasteiger partial charge in [0.1, 0.15) is 18.4 Å². The smallest absolute Gasteiger partial charge is 0.137 e. The van der Waals surface area contributed by atoms with Gasteiger partial charge in [-0.05, 0) is 30.2 Å². The van der Waals surface area contributed by atoms with Crippen LogP contribution in [0.25, 0.3) is 0 Å². The fraction of sp³-hybridized carbons (Fsp3) is 0.444. The quantitative estimate of drug-likeness (QED) is 0.803. The number of carbonyl (C=O) groups is 1. The van der Waals surface area contributed by atoms with E-state index in [1.54, 1.807) is 12.5 Å². The number of aryl methyl sites for hydroxylation is 1. The second kappa shape index (κ2) is 6.50. The maximum absolute atomic E-state index is 11.8. The number of fused-ring (bicyclic) bond motifs is 1. The summed E-state index contributed by atoms with van der Waals surface area (Å²) in [7, 11) is 0. The van der Waals surface area contributed by atoms with Crippen LogP contribution in [0.15, 0.2) is 24.7 Å². The Labute approximate surface area is 146 Å². The lowest BCUT2D eigenvalue weighted by Gasteiger charge is -2.44. The van der Waals surface area contributed by atoms with E-state index >= 15 is 0 Å². The number of anilines is 1. The minimum absolute atomic E-state index is 0.0538. The van der Waals surface area contributed by atoms with Crippen molar-refractivity contribution in [3.05, 3.63) is 47.2 Å². The van der Waals surface area contributed by atoms with Crippen LogP contribution in [0.3, 0.4) is 0 Å². The first-order chi connectivity index (χ1) is 12.2. The average Bonchev–Trinajstić information content (AvgIpc) is 3.02. The van der Waals surface area contributed by atoms with Gasteiger partial charge in [-0.1, -0.05) is 0 Å². The van der Waals surface area contributed by atoms with Gasteiger partial charge in [0.05, 0.1) is 24.0 Å². The van der Waals surface area contributed by atoms with Crippen molar-refractivity contribution in [3.8, 4) is 0 Å². The molecule has 0 bridgehead atoms. The number of nitrogens with zero attached hydrogens (tertiary/aromatic N) is 5. The van der Waals surface area contributed by atoms with Crippen molar-refractivity contribution >= 4 is 12.1 Å². The molecule has 2 aliphatic rings. The van der Waals surface area contributed by atoms with Crippen molar-refractivity contribution in [2.45, 2.75) is 32.7 Å². The van der Waals surface area contributed by atoms with Crippen LogP contribution >= 0.6 is 0 Å². The molecule has 0 amide bonds. The van der Waals surface area contributed by atoms with E-state index in [0.717, 1.165) is 43.0 Å². The van der Waals surface area contributed by atoms with Crippen molar-refractivity contribution in [1.29, 1.82) is 0 Å². The predicted molar refractivity (Wildman–Crippen MR) is 91.7 cm³/mol. The summed E-state index contributed by atoms with van der Waals surface area (Å²) in [6, 6.07) is 3.70. The van der Waals surface area contributed by atoms with Crippen molar-refractivity contribution < 1.29 is 9.90 Å². The van der Waals surface area contributed by atoms with E-state index in [2.05, 4.69) is 24.8 Å². The number of rotatable bonds is 5. The third kappa shape index (κ3) is 2.89. The molecule has 1 fully saturated rings. The molecule has 0 aliphatic carbocycles. The van der Waals surface area contributed by atoms with Gasteiger partial charge in [0.15, 0.2) is 0 Å². The molecule has 0 saturated carbocycles. The number of hydrogen-bond acceptors (Lipinski definition) is 7. The molecule has 4 rings (SSSR count). The molecule has 1 N–H and O–H groups in total. The maximum atomic E-state index is 11.8. The normalized spacial score (nSPS) is 18.7. The monoisotopic (exact) mass is 339 g/mol. The van der Waals surface area contributed by atoms with Crippen molar-refractivity contribution in [1.82, 2.24) is 19.9 Å². The fourth-order valence-corrected chi connectivity index (χ4v) is 3.81. The number of aromatic nitrogens is 3. The van der Waals surface area contributed by atoms with E-state index < -0.39 is 0 Å². The van der Waals surface area contributed by atoms with Crippen LogP contribution in [-0.2, 0) is 24.5 Å². The van der Waals surface area contributed by atoms with Crippen LogP contribution in [0.4, 0.5) is 5.82 Å². The highest BCUT2D eigenvalue weighted by Crippen LogP contribution is 2.32. The summed E-state index contributed by atoms with van der Waals surface area (Å²) >= 11 is 0. The zero-order chi connectivity index (χ0) is 17.4. The minimum atomic E-state index is -0.121. The van der Waals surface area contributed by atoms with Crippen molar-refractivity contribution in [3.63, 3.8) is 0 Å². The second-order valence-corrected chi connectivity index (χ2v) is 6.78. The van der Waals surface area contributed by atoms with E-state index in [1.165, 1.54) is 5.56 Å². The number of aliphatic hydroxyl groups excluding tert-OH is 1. The SMILES string of the molecule is Cc1cc(CO)nc2c1CN(C(C=O)C1CN(c3ccncn3)C1)C2. The molecule has 0 aromatic carbocycles. The Balaban J connectivity index is 1.45. The largest absolute Gasteiger partial charge is 0.390 e. The summed E-state index contributed by atoms with van der Waals surface area (Å²) < 4.78 is 0. The molecule has 4 heterocycles. The molecule has 0 radical (unpaired) electrons. The van der Waals surface area contributed by atoms with E-state index in [4.69, 9.17) is 0 Å². The first-order valence-corrected chi connectivity index (χ1v) is 8.49. The standard InChI is InChI=1S/C18H21N5O2/c1-12-4-14(9-24)21-16-8-22(7-15(12)16)17(10-25)13-5-23(6-13)18-2-3-19-11-20-18/h2-4,10-11,13,17,24H,5-9H2,1H3. The number of aldehydes is 1.